The SMILES string of the molecule is O=C(O)N(c1ccccc1)c1cccc2[nH+]c3ccccc3cc12. The number of pyridine rings is 1. The van der Waals surface area contributed by atoms with E-state index in [9.17, 15) is 9.90 Å². The van der Waals surface area contributed by atoms with E-state index >= 15 is 0 Å². The van der Waals surface area contributed by atoms with Gasteiger partial charge in [0.25, 0.3) is 0 Å². The number of hydrogen-bond donors (Lipinski definition) is 1. The minimum absolute atomic E-state index is 0.616. The summed E-state index contributed by atoms with van der Waals surface area (Å²) in [7, 11) is 0. The Morgan fingerprint density at radius 2 is 1.54 bits per heavy atom. The van der Waals surface area contributed by atoms with E-state index in [1.165, 1.54) is 4.90 Å². The predicted molar refractivity (Wildman–Crippen MR) is 94.6 cm³/mol. The average molecular weight is 315 g/mol. The van der Waals surface area contributed by atoms with Crippen LogP contribution < -0.4 is 9.88 Å². The minimum atomic E-state index is -1.01. The normalized spacial score (nSPS) is 10.8. The summed E-state index contributed by atoms with van der Waals surface area (Å²) < 4.78 is 0. The van der Waals surface area contributed by atoms with Crippen LogP contribution in [0.3, 0.4) is 0 Å². The molecule has 0 aliphatic heterocycles. The quantitative estimate of drug-likeness (QED) is 0.549. The van der Waals surface area contributed by atoms with Crippen LogP contribution in [0, 0.1) is 0 Å². The Bertz CT molecular complexity index is 1050. The van der Waals surface area contributed by atoms with Crippen molar-refractivity contribution in [3.8, 4) is 0 Å². The summed E-state index contributed by atoms with van der Waals surface area (Å²) in [5.41, 5.74) is 3.16. The fourth-order valence-corrected chi connectivity index (χ4v) is 2.98. The number of rotatable bonds is 2. The summed E-state index contributed by atoms with van der Waals surface area (Å²) in [5.74, 6) is 0. The Morgan fingerprint density at radius 1 is 0.833 bits per heavy atom. The van der Waals surface area contributed by atoms with Gasteiger partial charge in [-0.1, -0.05) is 36.4 Å². The van der Waals surface area contributed by atoms with Crippen LogP contribution in [0.5, 0.6) is 0 Å². The molecule has 0 unspecified atom stereocenters. The molecule has 0 bridgehead atoms. The molecular formula is C20H15N2O2+. The molecule has 0 spiro atoms. The Morgan fingerprint density at radius 3 is 2.33 bits per heavy atom. The molecule has 4 heteroatoms. The van der Waals surface area contributed by atoms with Crippen LogP contribution in [-0.2, 0) is 0 Å². The van der Waals surface area contributed by atoms with Crippen molar-refractivity contribution in [2.75, 3.05) is 4.90 Å². The molecule has 0 aliphatic rings. The van der Waals surface area contributed by atoms with Crippen molar-refractivity contribution in [1.82, 2.24) is 0 Å². The number of para-hydroxylation sites is 2. The van der Waals surface area contributed by atoms with Crippen LogP contribution in [-0.4, -0.2) is 11.2 Å². The molecule has 0 fully saturated rings. The van der Waals surface area contributed by atoms with Gasteiger partial charge in [0.2, 0.25) is 11.0 Å². The van der Waals surface area contributed by atoms with Gasteiger partial charge in [-0.2, -0.15) is 0 Å². The highest BCUT2D eigenvalue weighted by Crippen LogP contribution is 2.32. The van der Waals surface area contributed by atoms with E-state index in [-0.39, 0.29) is 0 Å². The number of amides is 1. The number of nitrogens with zero attached hydrogens (tertiary/aromatic N) is 1. The Balaban J connectivity index is 2.01. The van der Waals surface area contributed by atoms with Gasteiger partial charge in [-0.05, 0) is 30.3 Å². The van der Waals surface area contributed by atoms with Gasteiger partial charge in [-0.15, -0.1) is 0 Å². The number of carbonyl (C=O) groups is 1. The molecule has 0 saturated heterocycles. The van der Waals surface area contributed by atoms with Crippen molar-refractivity contribution < 1.29 is 14.9 Å². The molecule has 4 rings (SSSR count). The first-order valence-corrected chi connectivity index (χ1v) is 7.66. The van der Waals surface area contributed by atoms with E-state index in [0.717, 1.165) is 21.8 Å². The van der Waals surface area contributed by atoms with Crippen LogP contribution in [0.2, 0.25) is 0 Å². The van der Waals surface area contributed by atoms with E-state index in [4.69, 9.17) is 0 Å². The third kappa shape index (κ3) is 2.34. The molecule has 1 aromatic heterocycles. The van der Waals surface area contributed by atoms with Gasteiger partial charge in [0.05, 0.1) is 16.8 Å². The third-order valence-corrected chi connectivity index (χ3v) is 4.06. The summed E-state index contributed by atoms with van der Waals surface area (Å²) in [6.45, 7) is 0. The summed E-state index contributed by atoms with van der Waals surface area (Å²) >= 11 is 0. The highest BCUT2D eigenvalue weighted by atomic mass is 16.4. The topological polar surface area (TPSA) is 54.7 Å². The van der Waals surface area contributed by atoms with Crippen LogP contribution in [0.15, 0.2) is 78.9 Å². The lowest BCUT2D eigenvalue weighted by atomic mass is 10.1. The molecule has 0 aliphatic carbocycles. The standard InChI is InChI=1S/C20H14N2O2/c23-20(24)22(15-8-2-1-3-9-15)19-12-6-11-18-16(19)13-14-7-4-5-10-17(14)21-18/h1-13H,(H,23,24)/p+1. The zero-order valence-electron chi connectivity index (χ0n) is 12.8. The smallest absolute Gasteiger partial charge is 0.416 e. The first-order chi connectivity index (χ1) is 11.7. The number of nitrogens with one attached hydrogen (secondary N) is 1. The Kier molecular flexibility index (Phi) is 3.35. The number of carboxylic acid groups (broad SMARTS) is 1. The van der Waals surface area contributed by atoms with E-state index < -0.39 is 6.09 Å². The number of aromatic nitrogens is 1. The number of hydrogen-bond acceptors (Lipinski definition) is 1. The van der Waals surface area contributed by atoms with E-state index in [1.807, 2.05) is 66.7 Å². The predicted octanol–water partition coefficient (Wildman–Crippen LogP) is 4.62. The minimum Gasteiger partial charge on any atom is -0.464 e. The fraction of sp³-hybridized carbons (Fsp3) is 0. The van der Waals surface area contributed by atoms with Gasteiger partial charge >= 0.3 is 6.09 Å². The highest BCUT2D eigenvalue weighted by Gasteiger charge is 2.21. The third-order valence-electron chi connectivity index (χ3n) is 4.06. The van der Waals surface area contributed by atoms with Crippen molar-refractivity contribution in [1.29, 1.82) is 0 Å². The van der Waals surface area contributed by atoms with Crippen LogP contribution in [0.1, 0.15) is 0 Å². The number of aromatic amines is 1. The van der Waals surface area contributed by atoms with Crippen molar-refractivity contribution in [2.24, 2.45) is 0 Å². The molecule has 2 N–H and O–H groups in total. The number of fused-ring (bicyclic) bond motifs is 2. The lowest BCUT2D eigenvalue weighted by molar-refractivity contribution is -0.310. The van der Waals surface area contributed by atoms with Crippen molar-refractivity contribution in [3.05, 3.63) is 78.9 Å². The number of H-pyrrole nitrogens is 1. The van der Waals surface area contributed by atoms with Gasteiger partial charge in [0, 0.05) is 17.5 Å². The molecule has 1 heterocycles. The monoisotopic (exact) mass is 315 g/mol. The summed E-state index contributed by atoms with van der Waals surface area (Å²) in [5, 5.41) is 11.7. The molecule has 24 heavy (non-hydrogen) atoms. The zero-order valence-corrected chi connectivity index (χ0v) is 12.8. The fourth-order valence-electron chi connectivity index (χ4n) is 2.98. The van der Waals surface area contributed by atoms with Crippen LogP contribution in [0.4, 0.5) is 16.2 Å². The molecular weight excluding hydrogens is 300 g/mol. The molecule has 3 aromatic carbocycles. The maximum absolute atomic E-state index is 11.9. The van der Waals surface area contributed by atoms with Crippen LogP contribution >= 0.6 is 0 Å². The largest absolute Gasteiger partial charge is 0.464 e. The molecule has 0 atom stereocenters. The molecule has 116 valence electrons. The van der Waals surface area contributed by atoms with Gasteiger partial charge < -0.3 is 5.11 Å². The number of anilines is 2. The van der Waals surface area contributed by atoms with Gasteiger partial charge in [-0.25, -0.2) is 14.7 Å². The lowest BCUT2D eigenvalue weighted by Gasteiger charge is -2.20. The molecule has 0 radical (unpaired) electrons. The average Bonchev–Trinajstić information content (AvgIpc) is 2.61. The summed E-state index contributed by atoms with van der Waals surface area (Å²) in [6, 6.07) is 24.7. The van der Waals surface area contributed by atoms with Crippen LogP contribution in [0.25, 0.3) is 21.8 Å². The first kappa shape index (κ1) is 14.2. The van der Waals surface area contributed by atoms with Gasteiger partial charge in [0.1, 0.15) is 0 Å². The summed E-state index contributed by atoms with van der Waals surface area (Å²) in [4.78, 5) is 16.6. The van der Waals surface area contributed by atoms with E-state index in [2.05, 4.69) is 4.98 Å². The van der Waals surface area contributed by atoms with Gasteiger partial charge in [-0.3, -0.25) is 0 Å². The van der Waals surface area contributed by atoms with E-state index in [1.54, 1.807) is 12.1 Å². The highest BCUT2D eigenvalue weighted by molar-refractivity contribution is 6.05. The maximum atomic E-state index is 11.9. The maximum Gasteiger partial charge on any atom is 0.416 e. The van der Waals surface area contributed by atoms with Gasteiger partial charge in [0.15, 0.2) is 0 Å². The molecule has 4 nitrogen and oxygen atoms in total. The molecule has 4 aromatic rings. The second-order valence-electron chi connectivity index (χ2n) is 5.55. The second-order valence-corrected chi connectivity index (χ2v) is 5.55. The Hall–Kier alpha value is -3.40. The zero-order chi connectivity index (χ0) is 16.5. The molecule has 1 amide bonds. The number of benzene rings is 3. The second kappa shape index (κ2) is 5.66. The van der Waals surface area contributed by atoms with Crippen molar-refractivity contribution in [3.63, 3.8) is 0 Å². The first-order valence-electron chi connectivity index (χ1n) is 7.66. The van der Waals surface area contributed by atoms with E-state index in [0.29, 0.717) is 11.4 Å². The lowest BCUT2D eigenvalue weighted by Crippen LogP contribution is -2.24. The molecule has 0 saturated carbocycles. The Labute approximate surface area is 138 Å². The summed E-state index contributed by atoms with van der Waals surface area (Å²) in [6.07, 6.45) is -1.01. The van der Waals surface area contributed by atoms with Crippen molar-refractivity contribution >= 4 is 39.3 Å². The van der Waals surface area contributed by atoms with Crippen molar-refractivity contribution in [2.45, 2.75) is 0 Å².